The van der Waals surface area contributed by atoms with E-state index in [0.29, 0.717) is 0 Å². The van der Waals surface area contributed by atoms with Gasteiger partial charge in [0.05, 0.1) is 7.11 Å². The molecular weight excluding hydrogens is 219 g/mol. The van der Waals surface area contributed by atoms with Crippen molar-refractivity contribution in [2.45, 2.75) is 4.90 Å². The summed E-state index contributed by atoms with van der Waals surface area (Å²) in [5.41, 5.74) is 0. The van der Waals surface area contributed by atoms with Crippen molar-refractivity contribution in [3.05, 3.63) is 24.3 Å². The predicted molar refractivity (Wildman–Crippen MR) is 43.9 cm³/mol. The Labute approximate surface area is 121 Å². The number of hydrogen-bond donors (Lipinski definition) is 1. The molecule has 0 fully saturated rings. The molecule has 13 heavy (non-hydrogen) atoms. The van der Waals surface area contributed by atoms with Crippen molar-refractivity contribution in [1.82, 2.24) is 0 Å². The molecule has 0 radical (unpaired) electrons. The Morgan fingerprint density at radius 1 is 1.38 bits per heavy atom. The zero-order chi connectivity index (χ0) is 9.19. The van der Waals surface area contributed by atoms with E-state index in [1.54, 1.807) is 6.07 Å². The smallest absolute Gasteiger partial charge is 1.00 e. The summed E-state index contributed by atoms with van der Waals surface area (Å²) in [6, 6.07) is 5.86. The molecule has 0 aliphatic heterocycles. The van der Waals surface area contributed by atoms with Gasteiger partial charge in [-0.05, 0) is 12.1 Å². The van der Waals surface area contributed by atoms with E-state index in [2.05, 4.69) is 0 Å². The number of methoxy groups -OCH3 is 1. The first-order valence-electron chi connectivity index (χ1n) is 3.16. The van der Waals surface area contributed by atoms with E-state index in [9.17, 15) is 8.42 Å². The van der Waals surface area contributed by atoms with Crippen LogP contribution in [0.25, 0.3) is 0 Å². The monoisotopic (exact) mass is 228 g/mol. The first-order valence-corrected chi connectivity index (χ1v) is 4.60. The summed E-state index contributed by atoms with van der Waals surface area (Å²) in [7, 11) is -2.83. The Morgan fingerprint density at radius 2 is 1.92 bits per heavy atom. The van der Waals surface area contributed by atoms with Crippen LogP contribution < -0.4 is 56.1 Å². The minimum Gasteiger partial charge on any atom is -1.00 e. The zero-order valence-corrected chi connectivity index (χ0v) is 11.3. The number of hydrogen-bond acceptors (Lipinski definition) is 3. The largest absolute Gasteiger partial charge is 1.00 e. The van der Waals surface area contributed by atoms with Gasteiger partial charge >= 0.3 is 51.4 Å². The van der Waals surface area contributed by atoms with Crippen molar-refractivity contribution in [3.63, 3.8) is 0 Å². The van der Waals surface area contributed by atoms with Gasteiger partial charge in [-0.15, -0.1) is 0 Å². The van der Waals surface area contributed by atoms with Gasteiger partial charge in [0, 0.05) is 0 Å². The fourth-order valence-corrected chi connectivity index (χ4v) is 1.49. The van der Waals surface area contributed by atoms with Gasteiger partial charge in [-0.3, -0.25) is 4.55 Å². The molecule has 1 N–H and O–H groups in total. The summed E-state index contributed by atoms with van der Waals surface area (Å²) in [6.07, 6.45) is 0. The number of para-hydroxylation sites is 1. The Bertz CT molecular complexity index is 379. The van der Waals surface area contributed by atoms with Crippen molar-refractivity contribution >= 4 is 10.1 Å². The predicted octanol–water partition coefficient (Wildman–Crippen LogP) is -1.94. The van der Waals surface area contributed by atoms with Crippen LogP contribution in [0.4, 0.5) is 0 Å². The van der Waals surface area contributed by atoms with Crippen molar-refractivity contribution in [1.29, 1.82) is 0 Å². The van der Waals surface area contributed by atoms with E-state index in [4.69, 9.17) is 9.29 Å². The molecule has 0 saturated heterocycles. The van der Waals surface area contributed by atoms with Crippen LogP contribution in [0.1, 0.15) is 1.43 Å². The molecule has 0 amide bonds. The summed E-state index contributed by atoms with van der Waals surface area (Å²) in [5, 5.41) is 0. The molecule has 0 heterocycles. The zero-order valence-electron chi connectivity index (χ0n) is 8.39. The van der Waals surface area contributed by atoms with Gasteiger partial charge in [-0.25, -0.2) is 0 Å². The van der Waals surface area contributed by atoms with Crippen LogP contribution in [0.5, 0.6) is 5.75 Å². The van der Waals surface area contributed by atoms with E-state index < -0.39 is 10.1 Å². The van der Waals surface area contributed by atoms with Crippen LogP contribution in [0, 0.1) is 0 Å². The fraction of sp³-hybridized carbons (Fsp3) is 0.143. The Balaban J connectivity index is 0. The quantitative estimate of drug-likeness (QED) is 0.472. The van der Waals surface area contributed by atoms with Crippen molar-refractivity contribution < 1.29 is 70.5 Å². The molecule has 0 saturated carbocycles. The second kappa shape index (κ2) is 5.45. The third-order valence-corrected chi connectivity index (χ3v) is 2.24. The van der Waals surface area contributed by atoms with E-state index in [0.717, 1.165) is 0 Å². The SMILES string of the molecule is COc1ccccc1S(=O)(=O)O.[H-].[K+]. The summed E-state index contributed by atoms with van der Waals surface area (Å²) < 4.78 is 34.8. The summed E-state index contributed by atoms with van der Waals surface area (Å²) in [6.45, 7) is 0. The Morgan fingerprint density at radius 3 is 2.31 bits per heavy atom. The molecule has 1 aromatic carbocycles. The molecule has 0 unspecified atom stereocenters. The van der Waals surface area contributed by atoms with Crippen LogP contribution in [0.2, 0.25) is 0 Å². The van der Waals surface area contributed by atoms with Crippen LogP contribution >= 0.6 is 0 Å². The number of benzene rings is 1. The average molecular weight is 228 g/mol. The van der Waals surface area contributed by atoms with Crippen molar-refractivity contribution in [2.75, 3.05) is 7.11 Å². The molecule has 0 aliphatic carbocycles. The van der Waals surface area contributed by atoms with Crippen LogP contribution in [-0.2, 0) is 10.1 Å². The van der Waals surface area contributed by atoms with Gasteiger partial charge in [0.1, 0.15) is 10.6 Å². The van der Waals surface area contributed by atoms with E-state index >= 15 is 0 Å². The van der Waals surface area contributed by atoms with Gasteiger partial charge in [-0.2, -0.15) is 8.42 Å². The van der Waals surface area contributed by atoms with Crippen LogP contribution in [0.15, 0.2) is 29.2 Å². The first-order chi connectivity index (χ1) is 5.55. The van der Waals surface area contributed by atoms with E-state index in [-0.39, 0.29) is 63.5 Å². The second-order valence-corrected chi connectivity index (χ2v) is 3.52. The van der Waals surface area contributed by atoms with Gasteiger partial charge < -0.3 is 6.16 Å². The molecule has 6 heteroatoms. The van der Waals surface area contributed by atoms with Gasteiger partial charge in [0.25, 0.3) is 10.1 Å². The number of ether oxygens (including phenoxy) is 1. The normalized spacial score (nSPS) is 10.3. The summed E-state index contributed by atoms with van der Waals surface area (Å²) in [4.78, 5) is -0.215. The van der Waals surface area contributed by atoms with Crippen LogP contribution in [0.3, 0.4) is 0 Å². The van der Waals surface area contributed by atoms with E-state index in [1.807, 2.05) is 0 Å². The fourth-order valence-electron chi connectivity index (χ4n) is 0.832. The molecule has 0 bridgehead atoms. The van der Waals surface area contributed by atoms with Crippen LogP contribution in [-0.4, -0.2) is 20.1 Å². The third kappa shape index (κ3) is 3.66. The molecule has 0 aromatic heterocycles. The molecule has 68 valence electrons. The molecular formula is C7H9KO4S. The third-order valence-electron chi connectivity index (χ3n) is 1.35. The Kier molecular flexibility index (Phi) is 5.69. The summed E-state index contributed by atoms with van der Waals surface area (Å²) in [5.74, 6) is 0.139. The maximum atomic E-state index is 10.7. The Hall–Kier alpha value is 0.566. The maximum Gasteiger partial charge on any atom is 1.00 e. The molecule has 0 spiro atoms. The van der Waals surface area contributed by atoms with Gasteiger partial charge in [-0.1, -0.05) is 12.1 Å². The topological polar surface area (TPSA) is 63.6 Å². The number of rotatable bonds is 2. The molecule has 1 rings (SSSR count). The molecule has 1 aromatic rings. The maximum absolute atomic E-state index is 10.7. The summed E-state index contributed by atoms with van der Waals surface area (Å²) >= 11 is 0. The van der Waals surface area contributed by atoms with Gasteiger partial charge in [0.2, 0.25) is 0 Å². The second-order valence-electron chi connectivity index (χ2n) is 2.13. The standard InChI is InChI=1S/C7H8O4S.K.H/c1-11-6-4-2-3-5-7(6)12(8,9)10;;/h2-5H,1H3,(H,8,9,10);;/q;+1;-1. The van der Waals surface area contributed by atoms with E-state index in [1.165, 1.54) is 25.3 Å². The minimum atomic E-state index is -4.17. The molecule has 0 atom stereocenters. The van der Waals surface area contributed by atoms with Crippen molar-refractivity contribution in [3.8, 4) is 5.75 Å². The molecule has 4 nitrogen and oxygen atoms in total. The molecule has 0 aliphatic rings. The first kappa shape index (κ1) is 13.6. The van der Waals surface area contributed by atoms with Crippen molar-refractivity contribution in [2.24, 2.45) is 0 Å². The van der Waals surface area contributed by atoms with Gasteiger partial charge in [0.15, 0.2) is 0 Å². The minimum absolute atomic E-state index is 0. The average Bonchev–Trinajstić information content (AvgIpc) is 2.03.